The van der Waals surface area contributed by atoms with Crippen LogP contribution in [0.3, 0.4) is 0 Å². The number of benzene rings is 1. The van der Waals surface area contributed by atoms with Crippen LogP contribution in [0, 0.1) is 11.3 Å². The Labute approximate surface area is 124 Å². The third-order valence-corrected chi connectivity index (χ3v) is 6.10. The molecule has 20 heavy (non-hydrogen) atoms. The van der Waals surface area contributed by atoms with Crippen molar-refractivity contribution < 1.29 is 0 Å². The second-order valence-electron chi connectivity index (χ2n) is 6.44. The van der Waals surface area contributed by atoms with E-state index in [1.807, 2.05) is 11.3 Å². The average Bonchev–Trinajstić information content (AvgIpc) is 2.95. The zero-order valence-corrected chi connectivity index (χ0v) is 12.8. The molecule has 1 N–H and O–H groups in total. The van der Waals surface area contributed by atoms with Gasteiger partial charge in [-0.1, -0.05) is 12.1 Å². The van der Waals surface area contributed by atoms with E-state index >= 15 is 0 Å². The maximum Gasteiger partial charge on any atom is 0.0343 e. The van der Waals surface area contributed by atoms with Gasteiger partial charge in [-0.25, -0.2) is 0 Å². The topological polar surface area (TPSA) is 12.0 Å². The monoisotopic (exact) mass is 283 g/mol. The molecule has 0 radical (unpaired) electrons. The maximum atomic E-state index is 3.41. The molecule has 2 aromatic rings. The Hall–Kier alpha value is -1.12. The van der Waals surface area contributed by atoms with E-state index in [2.05, 4.69) is 48.1 Å². The van der Waals surface area contributed by atoms with Gasteiger partial charge in [0.2, 0.25) is 0 Å². The van der Waals surface area contributed by atoms with Crippen molar-refractivity contribution in [1.29, 1.82) is 0 Å². The molecule has 104 valence electrons. The predicted molar refractivity (Wildman–Crippen MR) is 88.1 cm³/mol. The first kappa shape index (κ1) is 12.6. The van der Waals surface area contributed by atoms with Gasteiger partial charge in [0.15, 0.2) is 0 Å². The van der Waals surface area contributed by atoms with E-state index in [1.54, 1.807) is 5.57 Å². The molecule has 1 aromatic heterocycles. The number of allylic oxidation sites excluding steroid dienone is 1. The fourth-order valence-corrected chi connectivity index (χ4v) is 4.91. The summed E-state index contributed by atoms with van der Waals surface area (Å²) in [6.45, 7) is 1.13. The molecule has 3 aliphatic carbocycles. The van der Waals surface area contributed by atoms with Crippen LogP contribution in [0.2, 0.25) is 0 Å². The second-order valence-corrected chi connectivity index (χ2v) is 7.39. The normalized spacial score (nSPS) is 28.9. The lowest BCUT2D eigenvalue weighted by atomic mass is 9.61. The summed E-state index contributed by atoms with van der Waals surface area (Å²) in [5.41, 5.74) is 3.49. The third-order valence-electron chi connectivity index (χ3n) is 5.20. The summed E-state index contributed by atoms with van der Waals surface area (Å²) in [5.74, 6) is 0.796. The summed E-state index contributed by atoms with van der Waals surface area (Å²) in [6, 6.07) is 9.27. The van der Waals surface area contributed by atoms with Gasteiger partial charge in [0.25, 0.3) is 0 Å². The fraction of sp³-hybridized carbons (Fsp3) is 0.444. The van der Waals surface area contributed by atoms with Gasteiger partial charge in [-0.2, -0.15) is 0 Å². The largest absolute Gasteiger partial charge is 0.319 e. The van der Waals surface area contributed by atoms with E-state index in [1.165, 1.54) is 41.3 Å². The Kier molecular flexibility index (Phi) is 2.97. The van der Waals surface area contributed by atoms with Crippen molar-refractivity contribution in [1.82, 2.24) is 5.32 Å². The highest BCUT2D eigenvalue weighted by molar-refractivity contribution is 7.17. The van der Waals surface area contributed by atoms with Gasteiger partial charge >= 0.3 is 0 Å². The molecule has 0 saturated heterocycles. The molecule has 2 heteroatoms. The summed E-state index contributed by atoms with van der Waals surface area (Å²) >= 11 is 1.84. The number of nitrogens with one attached hydrogen (secondary N) is 1. The predicted octanol–water partition coefficient (Wildman–Crippen LogP) is 4.69. The highest BCUT2D eigenvalue weighted by Gasteiger charge is 2.39. The summed E-state index contributed by atoms with van der Waals surface area (Å²) < 4.78 is 1.40. The Morgan fingerprint density at radius 1 is 1.25 bits per heavy atom. The van der Waals surface area contributed by atoms with Gasteiger partial charge in [-0.3, -0.25) is 0 Å². The van der Waals surface area contributed by atoms with E-state index < -0.39 is 0 Å². The molecule has 1 nitrogen and oxygen atoms in total. The van der Waals surface area contributed by atoms with E-state index in [0.717, 1.165) is 12.5 Å². The van der Waals surface area contributed by atoms with Crippen molar-refractivity contribution in [3.8, 4) is 0 Å². The van der Waals surface area contributed by atoms with E-state index in [0.29, 0.717) is 5.41 Å². The van der Waals surface area contributed by atoms with Crippen molar-refractivity contribution in [2.75, 3.05) is 13.6 Å². The minimum atomic E-state index is 0.419. The average molecular weight is 283 g/mol. The summed E-state index contributed by atoms with van der Waals surface area (Å²) in [4.78, 5) is 0. The van der Waals surface area contributed by atoms with Gasteiger partial charge in [-0.15, -0.1) is 11.3 Å². The number of hydrogen-bond donors (Lipinski definition) is 1. The minimum Gasteiger partial charge on any atom is -0.319 e. The SMILES string of the molecule is CNCC12C=C(c3ccc4sccc4c3)C(CC1)CC2. The Morgan fingerprint density at radius 2 is 2.10 bits per heavy atom. The molecule has 0 atom stereocenters. The number of thiophene rings is 1. The summed E-state index contributed by atoms with van der Waals surface area (Å²) in [6.07, 6.45) is 8.07. The molecule has 0 spiro atoms. The highest BCUT2D eigenvalue weighted by atomic mass is 32.1. The van der Waals surface area contributed by atoms with Crippen LogP contribution < -0.4 is 5.32 Å². The molecule has 1 saturated carbocycles. The highest BCUT2D eigenvalue weighted by Crippen LogP contribution is 2.51. The van der Waals surface area contributed by atoms with Crippen LogP contribution >= 0.6 is 11.3 Å². The van der Waals surface area contributed by atoms with Crippen molar-refractivity contribution in [3.05, 3.63) is 41.3 Å². The van der Waals surface area contributed by atoms with Crippen LogP contribution in [0.5, 0.6) is 0 Å². The van der Waals surface area contributed by atoms with Crippen molar-refractivity contribution in [2.45, 2.75) is 25.7 Å². The van der Waals surface area contributed by atoms with Crippen molar-refractivity contribution in [2.24, 2.45) is 11.3 Å². The smallest absolute Gasteiger partial charge is 0.0343 e. The number of fused-ring (bicyclic) bond motifs is 3. The molecule has 5 rings (SSSR count). The fourth-order valence-electron chi connectivity index (χ4n) is 4.14. The molecular weight excluding hydrogens is 262 g/mol. The van der Waals surface area contributed by atoms with Crippen LogP contribution in [0.15, 0.2) is 35.7 Å². The second kappa shape index (κ2) is 4.71. The number of rotatable bonds is 3. The maximum absolute atomic E-state index is 3.41. The first-order chi connectivity index (χ1) is 9.80. The van der Waals surface area contributed by atoms with Crippen LogP contribution in [0.25, 0.3) is 15.7 Å². The molecule has 0 amide bonds. The van der Waals surface area contributed by atoms with Crippen LogP contribution in [-0.4, -0.2) is 13.6 Å². The lowest BCUT2D eigenvalue weighted by Crippen LogP contribution is -2.39. The zero-order chi connectivity index (χ0) is 13.6. The van der Waals surface area contributed by atoms with Gasteiger partial charge in [0, 0.05) is 16.7 Å². The molecule has 1 fully saturated rings. The molecule has 0 unspecified atom stereocenters. The summed E-state index contributed by atoms with van der Waals surface area (Å²) in [7, 11) is 2.08. The van der Waals surface area contributed by atoms with Crippen molar-refractivity contribution >= 4 is 27.0 Å². The molecule has 3 aliphatic rings. The quantitative estimate of drug-likeness (QED) is 0.861. The van der Waals surface area contributed by atoms with Crippen LogP contribution in [0.4, 0.5) is 0 Å². The molecule has 1 aromatic carbocycles. The molecular formula is C18H21NS. The minimum absolute atomic E-state index is 0.419. The molecule has 2 bridgehead atoms. The van der Waals surface area contributed by atoms with Gasteiger partial charge in [0.1, 0.15) is 0 Å². The molecule has 0 aliphatic heterocycles. The van der Waals surface area contributed by atoms with Gasteiger partial charge in [0.05, 0.1) is 0 Å². The van der Waals surface area contributed by atoms with E-state index in [9.17, 15) is 0 Å². The first-order valence-corrected chi connectivity index (χ1v) is 8.53. The van der Waals surface area contributed by atoms with Gasteiger partial charge in [-0.05, 0) is 78.8 Å². The third kappa shape index (κ3) is 1.94. The first-order valence-electron chi connectivity index (χ1n) is 7.65. The van der Waals surface area contributed by atoms with Crippen LogP contribution in [0.1, 0.15) is 31.2 Å². The lowest BCUT2D eigenvalue weighted by Gasteiger charge is -2.45. The Morgan fingerprint density at radius 3 is 2.90 bits per heavy atom. The Bertz CT molecular complexity index is 659. The number of hydrogen-bond acceptors (Lipinski definition) is 2. The summed E-state index contributed by atoms with van der Waals surface area (Å²) in [5, 5.41) is 7.00. The lowest BCUT2D eigenvalue weighted by molar-refractivity contribution is 0.206. The standard InChI is InChI=1S/C18H21NS/c1-19-12-18-7-4-13(5-8-18)16(11-18)14-2-3-17-15(10-14)6-9-20-17/h2-3,6,9-11,13,19H,4-5,7-8,12H2,1H3. The van der Waals surface area contributed by atoms with Gasteiger partial charge < -0.3 is 5.32 Å². The van der Waals surface area contributed by atoms with E-state index in [-0.39, 0.29) is 0 Å². The van der Waals surface area contributed by atoms with E-state index in [4.69, 9.17) is 0 Å². The zero-order valence-electron chi connectivity index (χ0n) is 12.0. The Balaban J connectivity index is 1.78. The van der Waals surface area contributed by atoms with Crippen LogP contribution in [-0.2, 0) is 0 Å². The molecule has 1 heterocycles. The van der Waals surface area contributed by atoms with Crippen molar-refractivity contribution in [3.63, 3.8) is 0 Å².